The van der Waals surface area contributed by atoms with Crippen molar-refractivity contribution < 1.29 is 15.3 Å². The zero-order chi connectivity index (χ0) is 43.7. The van der Waals surface area contributed by atoms with Crippen LogP contribution in [-0.2, 0) is 0 Å². The molecule has 0 unspecified atom stereocenters. The highest BCUT2D eigenvalue weighted by Gasteiger charge is 2.13. The first kappa shape index (κ1) is 40.4. The smallest absolute Gasteiger partial charge is 0.132 e. The lowest BCUT2D eigenvalue weighted by Crippen LogP contribution is -2.10. The Labute approximate surface area is 368 Å². The SMILES string of the molecule is Oc1c(/C=N/N=C/c2ccc(N(c3ccc(/C=N/N=C/c4ccc5ccccc5c4O)cc3)c3ccc(/C=N/N=C/c4ccc5ccccc5c4O)cc3)cc2)ccc2ccccc12. The van der Waals surface area contributed by atoms with Gasteiger partial charge in [-0.15, -0.1) is 0 Å². The van der Waals surface area contributed by atoms with Crippen LogP contribution in [0.3, 0.4) is 0 Å². The Balaban J connectivity index is 0.933. The second-order valence-electron chi connectivity index (χ2n) is 14.8. The number of phenols is 3. The maximum atomic E-state index is 10.7. The van der Waals surface area contributed by atoms with Crippen molar-refractivity contribution in [2.45, 2.75) is 0 Å². The van der Waals surface area contributed by atoms with Gasteiger partial charge in [-0.1, -0.05) is 127 Å². The number of benzene rings is 9. The molecule has 0 amide bonds. The fourth-order valence-electron chi connectivity index (χ4n) is 7.29. The number of rotatable bonds is 12. The first-order chi connectivity index (χ1) is 31.5. The molecule has 0 aliphatic carbocycles. The molecule has 0 saturated heterocycles. The summed E-state index contributed by atoms with van der Waals surface area (Å²) in [6, 6.07) is 58.1. The van der Waals surface area contributed by atoms with E-state index in [1.165, 1.54) is 0 Å². The Kier molecular flexibility index (Phi) is 11.8. The van der Waals surface area contributed by atoms with Gasteiger partial charge in [0.1, 0.15) is 17.2 Å². The van der Waals surface area contributed by atoms with E-state index in [0.717, 1.165) is 66.1 Å². The maximum Gasteiger partial charge on any atom is 0.132 e. The van der Waals surface area contributed by atoms with Gasteiger partial charge >= 0.3 is 0 Å². The molecule has 0 aliphatic rings. The third kappa shape index (κ3) is 9.02. The van der Waals surface area contributed by atoms with Crippen LogP contribution in [0.1, 0.15) is 33.4 Å². The van der Waals surface area contributed by atoms with E-state index in [-0.39, 0.29) is 17.2 Å². The molecule has 9 aromatic rings. The molecule has 0 aliphatic heterocycles. The quantitative estimate of drug-likeness (QED) is 0.0833. The van der Waals surface area contributed by atoms with E-state index in [9.17, 15) is 15.3 Å². The molecule has 9 rings (SSSR count). The van der Waals surface area contributed by atoms with E-state index in [1.807, 2.05) is 182 Å². The largest absolute Gasteiger partial charge is 0.507 e. The zero-order valence-corrected chi connectivity index (χ0v) is 34.3. The normalized spacial score (nSPS) is 12.2. The van der Waals surface area contributed by atoms with E-state index in [1.54, 1.807) is 37.3 Å². The lowest BCUT2D eigenvalue weighted by molar-refractivity contribution is 0.480. The minimum atomic E-state index is 0.167. The molecule has 0 atom stereocenters. The lowest BCUT2D eigenvalue weighted by Gasteiger charge is -2.25. The van der Waals surface area contributed by atoms with Crippen LogP contribution in [0.25, 0.3) is 32.3 Å². The molecule has 0 saturated carbocycles. The first-order valence-corrected chi connectivity index (χ1v) is 20.4. The van der Waals surface area contributed by atoms with Crippen molar-refractivity contribution in [3.05, 3.63) is 215 Å². The average molecular weight is 834 g/mol. The van der Waals surface area contributed by atoms with Gasteiger partial charge in [-0.3, -0.25) is 0 Å². The van der Waals surface area contributed by atoms with Gasteiger partial charge in [0.2, 0.25) is 0 Å². The number of hydrogen-bond acceptors (Lipinski definition) is 10. The molecule has 9 aromatic carbocycles. The molecule has 10 nitrogen and oxygen atoms in total. The van der Waals surface area contributed by atoms with Crippen LogP contribution in [0.4, 0.5) is 17.1 Å². The summed E-state index contributed by atoms with van der Waals surface area (Å²) in [5.74, 6) is 0.501. The molecule has 10 heteroatoms. The van der Waals surface area contributed by atoms with Gasteiger partial charge in [0.15, 0.2) is 0 Å². The second kappa shape index (κ2) is 18.7. The molecular formula is C54H39N7O3. The number of hydrogen-bond donors (Lipinski definition) is 3. The minimum absolute atomic E-state index is 0.167. The van der Waals surface area contributed by atoms with Crippen LogP contribution in [0, 0.1) is 0 Å². The van der Waals surface area contributed by atoms with Crippen molar-refractivity contribution in [2.24, 2.45) is 30.6 Å². The maximum absolute atomic E-state index is 10.7. The molecule has 0 spiro atoms. The number of fused-ring (bicyclic) bond motifs is 3. The third-order valence-electron chi connectivity index (χ3n) is 10.7. The Hall–Kier alpha value is -9.02. The zero-order valence-electron chi connectivity index (χ0n) is 34.3. The van der Waals surface area contributed by atoms with Gasteiger partial charge in [-0.2, -0.15) is 30.6 Å². The van der Waals surface area contributed by atoms with Crippen molar-refractivity contribution in [3.8, 4) is 17.2 Å². The number of phenolic OH excluding ortho intramolecular Hbond substituents is 3. The van der Waals surface area contributed by atoms with Crippen molar-refractivity contribution in [3.63, 3.8) is 0 Å². The molecule has 0 aromatic heterocycles. The van der Waals surface area contributed by atoms with Crippen LogP contribution in [0.15, 0.2) is 213 Å². The monoisotopic (exact) mass is 833 g/mol. The molecule has 0 radical (unpaired) electrons. The van der Waals surface area contributed by atoms with Crippen LogP contribution in [-0.4, -0.2) is 52.6 Å². The van der Waals surface area contributed by atoms with E-state index in [4.69, 9.17) is 0 Å². The second-order valence-corrected chi connectivity index (χ2v) is 14.8. The summed E-state index contributed by atoms with van der Waals surface area (Å²) in [6.45, 7) is 0. The van der Waals surface area contributed by atoms with Gasteiger partial charge in [-0.25, -0.2) is 0 Å². The third-order valence-corrected chi connectivity index (χ3v) is 10.7. The lowest BCUT2D eigenvalue weighted by atomic mass is 10.1. The number of nitrogens with zero attached hydrogens (tertiary/aromatic N) is 7. The van der Waals surface area contributed by atoms with E-state index >= 15 is 0 Å². The summed E-state index contributed by atoms with van der Waals surface area (Å²) < 4.78 is 0. The first-order valence-electron chi connectivity index (χ1n) is 20.4. The van der Waals surface area contributed by atoms with Crippen molar-refractivity contribution in [1.29, 1.82) is 0 Å². The highest BCUT2D eigenvalue weighted by molar-refractivity contribution is 5.99. The van der Waals surface area contributed by atoms with Crippen LogP contribution in [0.2, 0.25) is 0 Å². The van der Waals surface area contributed by atoms with Gasteiger partial charge in [0.25, 0.3) is 0 Å². The van der Waals surface area contributed by atoms with Crippen molar-refractivity contribution in [1.82, 2.24) is 0 Å². The Morgan fingerprint density at radius 3 is 0.844 bits per heavy atom. The summed E-state index contributed by atoms with van der Waals surface area (Å²) in [4.78, 5) is 2.13. The number of aromatic hydroxyl groups is 3. The Morgan fingerprint density at radius 2 is 0.547 bits per heavy atom. The molecular weight excluding hydrogens is 795 g/mol. The van der Waals surface area contributed by atoms with Crippen LogP contribution >= 0.6 is 0 Å². The van der Waals surface area contributed by atoms with E-state index in [2.05, 4.69) is 35.5 Å². The van der Waals surface area contributed by atoms with Crippen molar-refractivity contribution in [2.75, 3.05) is 4.90 Å². The van der Waals surface area contributed by atoms with E-state index in [0.29, 0.717) is 16.7 Å². The number of anilines is 3. The summed E-state index contributed by atoms with van der Waals surface area (Å²) in [5.41, 5.74) is 7.00. The Bertz CT molecular complexity index is 2950. The summed E-state index contributed by atoms with van der Waals surface area (Å²) in [5, 5.41) is 62.6. The van der Waals surface area contributed by atoms with Crippen LogP contribution in [0.5, 0.6) is 17.2 Å². The van der Waals surface area contributed by atoms with Gasteiger partial charge in [0.05, 0.1) is 37.3 Å². The van der Waals surface area contributed by atoms with Gasteiger partial charge in [0, 0.05) is 49.9 Å². The molecule has 308 valence electrons. The molecule has 0 bridgehead atoms. The predicted octanol–water partition coefficient (Wildman–Crippen LogP) is 12.1. The Morgan fingerprint density at radius 1 is 0.281 bits per heavy atom. The highest BCUT2D eigenvalue weighted by Crippen LogP contribution is 2.35. The van der Waals surface area contributed by atoms with Gasteiger partial charge in [-0.05, 0) is 87.4 Å². The van der Waals surface area contributed by atoms with Gasteiger partial charge < -0.3 is 20.2 Å². The summed E-state index contributed by atoms with van der Waals surface area (Å²) >= 11 is 0. The summed E-state index contributed by atoms with van der Waals surface area (Å²) in [6.07, 6.45) is 9.62. The molecule has 0 fully saturated rings. The fourth-order valence-corrected chi connectivity index (χ4v) is 7.29. The van der Waals surface area contributed by atoms with Crippen LogP contribution < -0.4 is 4.90 Å². The van der Waals surface area contributed by atoms with Crippen molar-refractivity contribution >= 4 is 86.7 Å². The topological polar surface area (TPSA) is 138 Å². The fraction of sp³-hybridized carbons (Fsp3) is 0. The predicted molar refractivity (Wildman–Crippen MR) is 264 cm³/mol. The molecule has 0 heterocycles. The van der Waals surface area contributed by atoms with E-state index < -0.39 is 0 Å². The highest BCUT2D eigenvalue weighted by atomic mass is 16.3. The summed E-state index contributed by atoms with van der Waals surface area (Å²) in [7, 11) is 0. The standard InChI is InChI=1S/C54H39N7O3/c62-52-43(22-19-40-7-1-4-10-49(40)52)34-58-55-31-37-13-25-46(26-14-37)61(47-27-15-38(16-28-47)32-56-59-35-44-23-20-41-8-2-5-11-50(41)53(44)63)48-29-17-39(18-30-48)33-57-60-36-45-24-21-42-9-3-6-12-51(42)54(45)64/h1-36,62-64H/b55-31+,56-32+,57-33+,58-34+,59-35+,60-36+. The molecule has 3 N–H and O–H groups in total. The molecule has 64 heavy (non-hydrogen) atoms. The minimum Gasteiger partial charge on any atom is -0.507 e. The average Bonchev–Trinajstić information content (AvgIpc) is 3.34.